The van der Waals surface area contributed by atoms with Gasteiger partial charge < -0.3 is 4.90 Å². The van der Waals surface area contributed by atoms with Crippen molar-refractivity contribution >= 4 is 40.1 Å². The Morgan fingerprint density at radius 1 is 0.339 bits per heavy atom. The number of nitrogens with one attached hydrogen (secondary N) is 4. The lowest BCUT2D eigenvalue weighted by Gasteiger charge is -2.21. The molecule has 10 heterocycles. The minimum absolute atomic E-state index is 0.0417. The number of anilines is 1. The Bertz CT molecular complexity index is 4810. The van der Waals surface area contributed by atoms with Gasteiger partial charge in [0.05, 0.1) is 17.1 Å². The Balaban J connectivity index is 0.000000180. The molecule has 0 spiro atoms. The summed E-state index contributed by atoms with van der Waals surface area (Å²) in [4.78, 5) is 29.0. The van der Waals surface area contributed by atoms with E-state index in [9.17, 15) is 52.7 Å². The first kappa shape index (κ1) is 92.4. The van der Waals surface area contributed by atoms with Crippen LogP contribution in [0, 0.1) is 0 Å². The third kappa shape index (κ3) is 28.1. The van der Waals surface area contributed by atoms with Crippen LogP contribution in [0.3, 0.4) is 0 Å². The van der Waals surface area contributed by atoms with Gasteiger partial charge in [0.2, 0.25) is 5.82 Å². The van der Waals surface area contributed by atoms with E-state index < -0.39 is 47.6 Å². The smallest absolute Gasteiger partial charge is 0.372 e. The molecule has 12 aromatic rings. The molecule has 118 heavy (non-hydrogen) atoms. The highest BCUT2D eigenvalue weighted by atomic mass is 32.2. The number of aryl methyl sites for hydroxylation is 4. The average Bonchev–Trinajstić information content (AvgIpc) is 1.64. The van der Waals surface area contributed by atoms with Crippen LogP contribution in [0.4, 0.5) is 58.4 Å². The molecular weight excluding hydrogens is 1590 g/mol. The summed E-state index contributed by atoms with van der Waals surface area (Å²) in [6.45, 7) is 17.0. The van der Waals surface area contributed by atoms with Crippen LogP contribution < -0.4 is 4.90 Å². The van der Waals surface area contributed by atoms with Crippen LogP contribution in [0.15, 0.2) is 157 Å². The molecule has 0 radical (unpaired) electrons. The first-order valence-corrected chi connectivity index (χ1v) is 43.4. The standard InChI is InChI=1S/C25H32F3N3S.C24H31F3N4S.C21H22F3N3S.C19H19F3N4/c1-3-5-7-9-11-18-15-20(12-10-8-6-4-2)32-24(18)19-13-14-29-21(16-19)22-17-23(31-30-22)25(26,27)28;1-3-5-7-9-11-17-15-19(12-10-8-6-4-2)32-21(17)18-13-14-28-20(16-18)22-29-23(31-30-22)24(25,26)27;1-2-3-4-5-11-28-17-8-6-7-15(12-17)16-9-10-25-18(13-16)19-14-20(27-26-19)21(22,23)24;1-3-26(4-2)15-7-5-6-13(10-15)14-8-9-23-16(11-14)17-12-18(25-24-17)19(20,21)22/h13-17H,3-12H2,1-2H3,(H,30,31);13-16H,3-12H2,1-2H3,(H,29,30,31);6-10,12-14H,2-5,11H2,1H3,(H,26,27);5-12H,3-4H2,1-2H3,(H,24,25). The van der Waals surface area contributed by atoms with Crippen LogP contribution in [-0.4, -0.2) is 84.6 Å². The number of pyridine rings is 4. The molecule has 0 atom stereocenters. The minimum atomic E-state index is -4.56. The Morgan fingerprint density at radius 3 is 1.11 bits per heavy atom. The Morgan fingerprint density at radius 2 is 0.712 bits per heavy atom. The molecular formula is C89H104F12N14S3. The van der Waals surface area contributed by atoms with Crippen molar-refractivity contribution < 1.29 is 52.7 Å². The van der Waals surface area contributed by atoms with E-state index in [0.717, 1.165) is 115 Å². The van der Waals surface area contributed by atoms with E-state index in [4.69, 9.17) is 0 Å². The van der Waals surface area contributed by atoms with Crippen LogP contribution in [0.25, 0.3) is 88.8 Å². The van der Waals surface area contributed by atoms with E-state index >= 15 is 0 Å². The highest BCUT2D eigenvalue weighted by Crippen LogP contribution is 2.41. The van der Waals surface area contributed by atoms with Gasteiger partial charge in [0.1, 0.15) is 39.9 Å². The number of hydrogen-bond acceptors (Lipinski definition) is 13. The van der Waals surface area contributed by atoms with Crippen LogP contribution in [0.1, 0.15) is 221 Å². The van der Waals surface area contributed by atoms with Crippen LogP contribution >= 0.6 is 34.4 Å². The van der Waals surface area contributed by atoms with Crippen molar-refractivity contribution in [1.82, 2.24) is 65.7 Å². The lowest BCUT2D eigenvalue weighted by molar-refractivity contribution is -0.145. The molecule has 0 aliphatic carbocycles. The Labute approximate surface area is 695 Å². The fourth-order valence-corrected chi connectivity index (χ4v) is 16.6. The molecule has 0 fully saturated rings. The lowest BCUT2D eigenvalue weighted by Crippen LogP contribution is -2.21. The van der Waals surface area contributed by atoms with Crippen molar-refractivity contribution in [2.75, 3.05) is 23.7 Å². The van der Waals surface area contributed by atoms with Gasteiger partial charge in [0, 0.05) is 68.0 Å². The number of thiophene rings is 2. The zero-order valence-corrected chi connectivity index (χ0v) is 70.2. The highest BCUT2D eigenvalue weighted by molar-refractivity contribution is 7.99. The quantitative estimate of drug-likeness (QED) is 0.0165. The van der Waals surface area contributed by atoms with Gasteiger partial charge in [0.25, 0.3) is 0 Å². The van der Waals surface area contributed by atoms with Gasteiger partial charge in [-0.15, -0.1) is 34.4 Å². The van der Waals surface area contributed by atoms with Crippen molar-refractivity contribution in [3.8, 4) is 88.8 Å². The second kappa shape index (κ2) is 45.6. The molecule has 0 saturated carbocycles. The van der Waals surface area contributed by atoms with Gasteiger partial charge in [-0.25, -0.2) is 4.98 Å². The molecule has 0 amide bonds. The van der Waals surface area contributed by atoms with Gasteiger partial charge in [-0.3, -0.25) is 40.3 Å². The SMILES string of the molecule is CCCCCCSc1cccc(-c2ccnc(-c3cc(C(F)(F)F)[nH]n3)c2)c1.CCCCCCc1cc(CCCCCC)c(-c2ccnc(-c3cc(C(F)(F)F)[nH]n3)c2)s1.CCCCCCc1cc(CCCCCC)c(-c2ccnc(-c3n[nH]c(C(F)(F)F)n3)c2)s1.CCN(CC)c1cccc(-c2ccnc(-c3cc(C(F)(F)F)[nH]n3)c2)c1. The maximum Gasteiger partial charge on any atom is 0.451 e. The van der Waals surface area contributed by atoms with Gasteiger partial charge in [-0.05, 0) is 225 Å². The summed E-state index contributed by atoms with van der Waals surface area (Å²) in [5, 5.41) is 23.2. The highest BCUT2D eigenvalue weighted by Gasteiger charge is 2.37. The third-order valence-electron chi connectivity index (χ3n) is 19.6. The van der Waals surface area contributed by atoms with E-state index in [1.165, 1.54) is 151 Å². The summed E-state index contributed by atoms with van der Waals surface area (Å²) < 4.78 is 154. The van der Waals surface area contributed by atoms with Crippen molar-refractivity contribution in [3.05, 3.63) is 196 Å². The number of thioether (sulfide) groups is 1. The normalized spacial score (nSPS) is 11.8. The molecule has 2 aromatic carbocycles. The number of nitrogens with zero attached hydrogens (tertiary/aromatic N) is 10. The number of aromatic nitrogens is 13. The van der Waals surface area contributed by atoms with Crippen molar-refractivity contribution in [2.45, 2.75) is 232 Å². The average molecular weight is 1690 g/mol. The van der Waals surface area contributed by atoms with E-state index in [0.29, 0.717) is 22.8 Å². The number of halogens is 12. The van der Waals surface area contributed by atoms with Gasteiger partial charge in [-0.2, -0.15) is 73.1 Å². The summed E-state index contributed by atoms with van der Waals surface area (Å²) in [6, 6.07) is 38.6. The number of benzene rings is 2. The van der Waals surface area contributed by atoms with Gasteiger partial charge in [0.15, 0.2) is 5.82 Å². The zero-order valence-electron chi connectivity index (χ0n) is 67.8. The second-order valence-electron chi connectivity index (χ2n) is 28.8. The number of hydrogen-bond donors (Lipinski definition) is 4. The molecule has 632 valence electrons. The Hall–Kier alpha value is -9.48. The fourth-order valence-electron chi connectivity index (χ4n) is 13.2. The molecule has 14 nitrogen and oxygen atoms in total. The molecule has 0 bridgehead atoms. The molecule has 0 unspecified atom stereocenters. The minimum Gasteiger partial charge on any atom is -0.372 e. The first-order chi connectivity index (χ1) is 56.7. The van der Waals surface area contributed by atoms with Crippen LogP contribution in [0.2, 0.25) is 0 Å². The van der Waals surface area contributed by atoms with Gasteiger partial charge >= 0.3 is 24.7 Å². The number of unbranched alkanes of at least 4 members (excludes halogenated alkanes) is 15. The topological polar surface area (TPSA) is 182 Å². The molecule has 12 rings (SSSR count). The third-order valence-corrected chi connectivity index (χ3v) is 23.3. The van der Waals surface area contributed by atoms with Crippen molar-refractivity contribution in [2.24, 2.45) is 0 Å². The molecule has 10 aromatic heterocycles. The van der Waals surface area contributed by atoms with Crippen LogP contribution in [0.5, 0.6) is 0 Å². The van der Waals surface area contributed by atoms with Crippen LogP contribution in [-0.2, 0) is 50.4 Å². The largest absolute Gasteiger partial charge is 0.451 e. The van der Waals surface area contributed by atoms with E-state index in [2.05, 4.69) is 134 Å². The molecule has 29 heteroatoms. The second-order valence-corrected chi connectivity index (χ2v) is 32.2. The number of rotatable bonds is 37. The molecule has 0 aliphatic rings. The van der Waals surface area contributed by atoms with E-state index in [1.54, 1.807) is 54.3 Å². The summed E-state index contributed by atoms with van der Waals surface area (Å²) in [5.74, 6) is -0.0692. The predicted octanol–water partition coefficient (Wildman–Crippen LogP) is 28.2. The summed E-state index contributed by atoms with van der Waals surface area (Å²) in [5.41, 5.74) is 8.99. The lowest BCUT2D eigenvalue weighted by atomic mass is 10.0. The fraction of sp³-hybridized carbons (Fsp3) is 0.427. The van der Waals surface area contributed by atoms with Gasteiger partial charge in [-0.1, -0.05) is 155 Å². The monoisotopic (exact) mass is 1690 g/mol. The summed E-state index contributed by atoms with van der Waals surface area (Å²) in [6.07, 6.45) is 17.1. The van der Waals surface area contributed by atoms with E-state index in [-0.39, 0.29) is 22.9 Å². The maximum atomic E-state index is 13.0. The van der Waals surface area contributed by atoms with Crippen molar-refractivity contribution in [1.29, 1.82) is 0 Å². The molecule has 4 N–H and O–H groups in total. The predicted molar refractivity (Wildman–Crippen MR) is 452 cm³/mol. The zero-order chi connectivity index (χ0) is 84.7. The molecule has 0 aliphatic heterocycles. The molecule has 0 saturated heterocycles. The number of aromatic amines is 4. The summed E-state index contributed by atoms with van der Waals surface area (Å²) >= 11 is 5.43. The summed E-state index contributed by atoms with van der Waals surface area (Å²) in [7, 11) is 0. The Kier molecular flexibility index (Phi) is 35.7. The van der Waals surface area contributed by atoms with E-state index in [1.807, 2.05) is 99.1 Å². The first-order valence-electron chi connectivity index (χ1n) is 40.8. The number of alkyl halides is 12. The van der Waals surface area contributed by atoms with Crippen molar-refractivity contribution in [3.63, 3.8) is 0 Å². The number of H-pyrrole nitrogens is 4. The maximum absolute atomic E-state index is 13.0.